The van der Waals surface area contributed by atoms with Crippen LogP contribution >= 0.6 is 0 Å². The molecule has 0 bridgehead atoms. The molecular weight excluding hydrogens is 220 g/mol. The first-order valence-corrected chi connectivity index (χ1v) is 6.23. The van der Waals surface area contributed by atoms with Crippen LogP contribution in [0.25, 0.3) is 0 Å². The van der Waals surface area contributed by atoms with E-state index >= 15 is 0 Å². The Kier molecular flexibility index (Phi) is 2.53. The van der Waals surface area contributed by atoms with Crippen molar-refractivity contribution < 1.29 is 14.3 Å². The van der Waals surface area contributed by atoms with Gasteiger partial charge in [-0.05, 0) is 12.8 Å². The number of amides is 1. The summed E-state index contributed by atoms with van der Waals surface area (Å²) in [6, 6.07) is 0.496. The Morgan fingerprint density at radius 1 is 1.06 bits per heavy atom. The van der Waals surface area contributed by atoms with E-state index in [1.807, 2.05) is 0 Å². The number of carbonyl (C=O) groups is 2. The van der Waals surface area contributed by atoms with Crippen LogP contribution in [0.5, 0.6) is 0 Å². The summed E-state index contributed by atoms with van der Waals surface area (Å²) in [5.74, 6) is -0.501. The third kappa shape index (κ3) is 1.79. The highest BCUT2D eigenvalue weighted by Gasteiger charge is 2.36. The van der Waals surface area contributed by atoms with Crippen LogP contribution in [-0.4, -0.2) is 30.6 Å². The molecule has 2 N–H and O–H groups in total. The van der Waals surface area contributed by atoms with E-state index < -0.39 is 0 Å². The molecule has 0 aromatic carbocycles. The third-order valence-electron chi connectivity index (χ3n) is 3.77. The van der Waals surface area contributed by atoms with Gasteiger partial charge in [0.05, 0.1) is 12.2 Å². The van der Waals surface area contributed by atoms with Crippen LogP contribution in [0, 0.1) is 0 Å². The fourth-order valence-electron chi connectivity index (χ4n) is 2.85. The maximum absolute atomic E-state index is 11.9. The minimum atomic E-state index is -0.350. The van der Waals surface area contributed by atoms with E-state index in [4.69, 9.17) is 4.74 Å². The molecule has 0 radical (unpaired) electrons. The van der Waals surface area contributed by atoms with Gasteiger partial charge in [0.2, 0.25) is 0 Å². The Hall–Kier alpha value is -1.52. The highest BCUT2D eigenvalue weighted by Crippen LogP contribution is 2.25. The minimum absolute atomic E-state index is 0.151. The standard InChI is InChI=1S/C12H16N2O3/c15-11-10(7-5-6-17-12(7)16)13-8-3-1-2-4-9(8)14-11/h8-9,13H,1-6H2,(H,14,15). The van der Waals surface area contributed by atoms with Crippen molar-refractivity contribution >= 4 is 11.9 Å². The van der Waals surface area contributed by atoms with Crippen LogP contribution in [0.15, 0.2) is 11.3 Å². The predicted octanol–water partition coefficient (Wildman–Crippen LogP) is 0.218. The average Bonchev–Trinajstić information content (AvgIpc) is 2.74. The summed E-state index contributed by atoms with van der Waals surface area (Å²) in [5.41, 5.74) is 0.946. The molecule has 0 spiro atoms. The van der Waals surface area contributed by atoms with E-state index in [-0.39, 0.29) is 24.0 Å². The molecule has 0 aromatic rings. The zero-order valence-corrected chi connectivity index (χ0v) is 9.62. The summed E-state index contributed by atoms with van der Waals surface area (Å²) in [4.78, 5) is 23.4. The quantitative estimate of drug-likeness (QED) is 0.466. The summed E-state index contributed by atoms with van der Waals surface area (Å²) in [5, 5.41) is 6.24. The van der Waals surface area contributed by atoms with Crippen LogP contribution in [0.4, 0.5) is 0 Å². The van der Waals surface area contributed by atoms with Gasteiger partial charge in [-0.2, -0.15) is 0 Å². The zero-order valence-electron chi connectivity index (χ0n) is 9.62. The molecule has 92 valence electrons. The fourth-order valence-corrected chi connectivity index (χ4v) is 2.85. The van der Waals surface area contributed by atoms with Gasteiger partial charge in [-0.3, -0.25) is 4.79 Å². The molecule has 5 nitrogen and oxygen atoms in total. The zero-order chi connectivity index (χ0) is 11.8. The van der Waals surface area contributed by atoms with Gasteiger partial charge in [0.15, 0.2) is 0 Å². The lowest BCUT2D eigenvalue weighted by Gasteiger charge is -2.38. The molecule has 2 heterocycles. The highest BCUT2D eigenvalue weighted by atomic mass is 16.5. The van der Waals surface area contributed by atoms with Crippen molar-refractivity contribution in [3.05, 3.63) is 11.3 Å². The molecule has 2 unspecified atom stereocenters. The van der Waals surface area contributed by atoms with Crippen LogP contribution in [0.2, 0.25) is 0 Å². The molecule has 1 amide bonds. The second kappa shape index (κ2) is 4.05. The van der Waals surface area contributed by atoms with Crippen molar-refractivity contribution in [3.8, 4) is 0 Å². The van der Waals surface area contributed by atoms with Crippen molar-refractivity contribution in [1.29, 1.82) is 0 Å². The first kappa shape index (κ1) is 10.6. The Balaban J connectivity index is 1.86. The normalized spacial score (nSPS) is 36.9. The summed E-state index contributed by atoms with van der Waals surface area (Å²) in [7, 11) is 0. The third-order valence-corrected chi connectivity index (χ3v) is 3.77. The van der Waals surface area contributed by atoms with Gasteiger partial charge in [-0.25, -0.2) is 4.79 Å². The van der Waals surface area contributed by atoms with Crippen molar-refractivity contribution in [2.24, 2.45) is 0 Å². The predicted molar refractivity (Wildman–Crippen MR) is 59.9 cm³/mol. The average molecular weight is 236 g/mol. The first-order valence-electron chi connectivity index (χ1n) is 6.23. The van der Waals surface area contributed by atoms with Gasteiger partial charge in [-0.1, -0.05) is 12.8 Å². The molecule has 2 aliphatic heterocycles. The Labute approximate surface area is 99.6 Å². The number of ether oxygens (including phenoxy) is 1. The number of carbonyl (C=O) groups excluding carboxylic acids is 2. The molecule has 2 saturated heterocycles. The van der Waals surface area contributed by atoms with Crippen LogP contribution in [0.3, 0.4) is 0 Å². The van der Waals surface area contributed by atoms with Crippen molar-refractivity contribution in [1.82, 2.24) is 10.6 Å². The molecule has 1 saturated carbocycles. The second-order valence-electron chi connectivity index (χ2n) is 4.85. The SMILES string of the molecule is O=C1NC2CCCCC2NC1=C1CCOC1=O. The van der Waals surface area contributed by atoms with E-state index in [9.17, 15) is 9.59 Å². The maximum Gasteiger partial charge on any atom is 0.336 e. The number of esters is 1. The van der Waals surface area contributed by atoms with Crippen molar-refractivity contribution in [3.63, 3.8) is 0 Å². The van der Waals surface area contributed by atoms with Crippen LogP contribution in [-0.2, 0) is 14.3 Å². The van der Waals surface area contributed by atoms with Gasteiger partial charge in [0, 0.05) is 18.5 Å². The number of nitrogens with one attached hydrogen (secondary N) is 2. The molecule has 3 rings (SSSR count). The van der Waals surface area contributed by atoms with Crippen LogP contribution < -0.4 is 10.6 Å². The molecule has 17 heavy (non-hydrogen) atoms. The van der Waals surface area contributed by atoms with Gasteiger partial charge in [0.25, 0.3) is 5.91 Å². The smallest absolute Gasteiger partial charge is 0.336 e. The van der Waals surface area contributed by atoms with E-state index in [1.54, 1.807) is 0 Å². The van der Waals surface area contributed by atoms with Gasteiger partial charge >= 0.3 is 5.97 Å². The number of hydrogen-bond acceptors (Lipinski definition) is 4. The number of fused-ring (bicyclic) bond motifs is 1. The summed E-state index contributed by atoms with van der Waals surface area (Å²) in [6.45, 7) is 0.390. The largest absolute Gasteiger partial charge is 0.462 e. The van der Waals surface area contributed by atoms with E-state index in [0.29, 0.717) is 24.3 Å². The summed E-state index contributed by atoms with van der Waals surface area (Å²) in [6.07, 6.45) is 4.95. The Morgan fingerprint density at radius 3 is 2.41 bits per heavy atom. The first-order chi connectivity index (χ1) is 8.25. The lowest BCUT2D eigenvalue weighted by molar-refractivity contribution is -0.135. The van der Waals surface area contributed by atoms with E-state index in [1.165, 1.54) is 6.42 Å². The van der Waals surface area contributed by atoms with Gasteiger partial charge in [0.1, 0.15) is 5.70 Å². The molecule has 1 aliphatic carbocycles. The number of piperazine rings is 1. The second-order valence-corrected chi connectivity index (χ2v) is 4.85. The number of rotatable bonds is 0. The van der Waals surface area contributed by atoms with Crippen molar-refractivity contribution in [2.45, 2.75) is 44.2 Å². The fraction of sp³-hybridized carbons (Fsp3) is 0.667. The molecular formula is C12H16N2O3. The topological polar surface area (TPSA) is 67.4 Å². The lowest BCUT2D eigenvalue weighted by Crippen LogP contribution is -2.59. The molecule has 2 atom stereocenters. The van der Waals surface area contributed by atoms with Gasteiger partial charge < -0.3 is 15.4 Å². The monoisotopic (exact) mass is 236 g/mol. The highest BCUT2D eigenvalue weighted by molar-refractivity contribution is 6.03. The lowest BCUT2D eigenvalue weighted by atomic mass is 9.88. The Morgan fingerprint density at radius 2 is 1.76 bits per heavy atom. The van der Waals surface area contributed by atoms with Crippen molar-refractivity contribution in [2.75, 3.05) is 6.61 Å². The van der Waals surface area contributed by atoms with E-state index in [2.05, 4.69) is 10.6 Å². The summed E-state index contributed by atoms with van der Waals surface area (Å²) < 4.78 is 4.89. The van der Waals surface area contributed by atoms with E-state index in [0.717, 1.165) is 19.3 Å². The molecule has 0 aromatic heterocycles. The maximum atomic E-state index is 11.9. The number of hydrogen-bond donors (Lipinski definition) is 2. The van der Waals surface area contributed by atoms with Gasteiger partial charge in [-0.15, -0.1) is 0 Å². The number of cyclic esters (lactones) is 1. The summed E-state index contributed by atoms with van der Waals surface area (Å²) >= 11 is 0. The molecule has 3 fully saturated rings. The minimum Gasteiger partial charge on any atom is -0.462 e. The molecule has 3 aliphatic rings. The Bertz CT molecular complexity index is 403. The molecule has 5 heteroatoms. The van der Waals surface area contributed by atoms with Crippen LogP contribution in [0.1, 0.15) is 32.1 Å².